The second-order valence-electron chi connectivity index (χ2n) is 8.66. The van der Waals surface area contributed by atoms with Crippen molar-refractivity contribution in [2.45, 2.75) is 19.3 Å². The van der Waals surface area contributed by atoms with Crippen LogP contribution < -0.4 is 10.2 Å². The van der Waals surface area contributed by atoms with Gasteiger partial charge in [0.15, 0.2) is 0 Å². The van der Waals surface area contributed by atoms with E-state index < -0.39 is 0 Å². The van der Waals surface area contributed by atoms with Crippen molar-refractivity contribution in [2.75, 3.05) is 23.3 Å². The molecular formula is C26H24N6O. The maximum absolute atomic E-state index is 13.0. The van der Waals surface area contributed by atoms with Crippen LogP contribution >= 0.6 is 0 Å². The van der Waals surface area contributed by atoms with E-state index in [-0.39, 0.29) is 11.8 Å². The van der Waals surface area contributed by atoms with Crippen LogP contribution in [0.5, 0.6) is 0 Å². The highest BCUT2D eigenvalue weighted by atomic mass is 16.1. The predicted octanol–water partition coefficient (Wildman–Crippen LogP) is 4.09. The molecule has 2 aromatic heterocycles. The molecule has 1 amide bonds. The van der Waals surface area contributed by atoms with Gasteiger partial charge in [0.1, 0.15) is 24.3 Å². The Morgan fingerprint density at radius 1 is 0.939 bits per heavy atom. The van der Waals surface area contributed by atoms with Gasteiger partial charge in [-0.2, -0.15) is 0 Å². The van der Waals surface area contributed by atoms with Gasteiger partial charge in [-0.3, -0.25) is 9.36 Å². The summed E-state index contributed by atoms with van der Waals surface area (Å²) in [4.78, 5) is 28.0. The van der Waals surface area contributed by atoms with Crippen molar-refractivity contribution in [3.8, 4) is 16.9 Å². The molecule has 0 spiro atoms. The van der Waals surface area contributed by atoms with Crippen molar-refractivity contribution in [2.24, 2.45) is 5.92 Å². The van der Waals surface area contributed by atoms with E-state index >= 15 is 0 Å². The lowest BCUT2D eigenvalue weighted by Crippen LogP contribution is -2.38. The molecule has 0 saturated carbocycles. The lowest BCUT2D eigenvalue weighted by molar-refractivity contribution is -0.120. The highest BCUT2D eigenvalue weighted by Gasteiger charge is 2.26. The van der Waals surface area contributed by atoms with E-state index in [0.717, 1.165) is 49.7 Å². The number of nitrogens with zero attached hydrogens (tertiary/aromatic N) is 5. The average Bonchev–Trinajstić information content (AvgIpc) is 3.52. The molecule has 3 heterocycles. The van der Waals surface area contributed by atoms with Crippen LogP contribution in [-0.4, -0.2) is 38.5 Å². The smallest absolute Gasteiger partial charge is 0.227 e. The molecular weight excluding hydrogens is 412 g/mol. The molecule has 1 aliphatic heterocycles. The summed E-state index contributed by atoms with van der Waals surface area (Å²) in [5.41, 5.74) is 6.09. The van der Waals surface area contributed by atoms with Crippen molar-refractivity contribution in [3.05, 3.63) is 84.7 Å². The van der Waals surface area contributed by atoms with Gasteiger partial charge in [0.25, 0.3) is 0 Å². The topological polar surface area (TPSA) is 75.9 Å². The zero-order valence-corrected chi connectivity index (χ0v) is 18.2. The normalized spacial score (nSPS) is 15.2. The Morgan fingerprint density at radius 2 is 1.76 bits per heavy atom. The molecule has 1 aliphatic carbocycles. The lowest BCUT2D eigenvalue weighted by atomic mass is 9.95. The Kier molecular flexibility index (Phi) is 4.87. The molecule has 0 unspecified atom stereocenters. The van der Waals surface area contributed by atoms with E-state index in [1.807, 2.05) is 22.9 Å². The highest BCUT2D eigenvalue weighted by molar-refractivity contribution is 5.93. The summed E-state index contributed by atoms with van der Waals surface area (Å²) in [7, 11) is 0. The summed E-state index contributed by atoms with van der Waals surface area (Å²) in [6.07, 6.45) is 9.41. The summed E-state index contributed by atoms with van der Waals surface area (Å²) in [6, 6.07) is 16.8. The fraction of sp³-hybridized carbons (Fsp3) is 0.231. The monoisotopic (exact) mass is 436 g/mol. The van der Waals surface area contributed by atoms with Crippen LogP contribution in [0.2, 0.25) is 0 Å². The number of hydrogen-bond donors (Lipinski definition) is 1. The first-order valence-corrected chi connectivity index (χ1v) is 11.3. The Bertz CT molecular complexity index is 1310. The number of anilines is 2. The van der Waals surface area contributed by atoms with Crippen molar-refractivity contribution in [1.29, 1.82) is 0 Å². The number of nitrogens with one attached hydrogen (secondary N) is 1. The first kappa shape index (κ1) is 19.7. The maximum Gasteiger partial charge on any atom is 0.227 e. The SMILES string of the molecule is O=C(Nc1ccc2c(c1)Cc1ccccc1-2)C1CCN(c2cc(-n3ccnc3)ncn2)CC1. The Labute approximate surface area is 192 Å². The molecule has 7 nitrogen and oxygen atoms in total. The first-order chi connectivity index (χ1) is 16.2. The zero-order valence-electron chi connectivity index (χ0n) is 18.2. The van der Waals surface area contributed by atoms with Crippen molar-refractivity contribution in [1.82, 2.24) is 19.5 Å². The zero-order chi connectivity index (χ0) is 22.2. The van der Waals surface area contributed by atoms with E-state index in [0.29, 0.717) is 0 Å². The number of imidazole rings is 1. The minimum absolute atomic E-state index is 0.00154. The molecule has 1 N–H and O–H groups in total. The minimum atomic E-state index is 0.00154. The number of amides is 1. The van der Waals surface area contributed by atoms with E-state index in [2.05, 4.69) is 61.6 Å². The van der Waals surface area contributed by atoms with E-state index in [4.69, 9.17) is 0 Å². The highest BCUT2D eigenvalue weighted by Crippen LogP contribution is 2.37. The van der Waals surface area contributed by atoms with Crippen LogP contribution in [-0.2, 0) is 11.2 Å². The summed E-state index contributed by atoms with van der Waals surface area (Å²) >= 11 is 0. The molecule has 2 aliphatic rings. The van der Waals surface area contributed by atoms with Crippen molar-refractivity contribution in [3.63, 3.8) is 0 Å². The third-order valence-corrected chi connectivity index (χ3v) is 6.66. The summed E-state index contributed by atoms with van der Waals surface area (Å²) in [6.45, 7) is 1.58. The number of carbonyl (C=O) groups is 1. The van der Waals surface area contributed by atoms with Crippen LogP contribution in [0.1, 0.15) is 24.0 Å². The quantitative estimate of drug-likeness (QED) is 0.459. The van der Waals surface area contributed by atoms with Crippen LogP contribution in [0.15, 0.2) is 73.6 Å². The van der Waals surface area contributed by atoms with Gasteiger partial charge in [0, 0.05) is 43.2 Å². The molecule has 0 bridgehead atoms. The first-order valence-electron chi connectivity index (χ1n) is 11.3. The van der Waals surface area contributed by atoms with Gasteiger partial charge < -0.3 is 10.2 Å². The lowest BCUT2D eigenvalue weighted by Gasteiger charge is -2.32. The van der Waals surface area contributed by atoms with Gasteiger partial charge in [-0.15, -0.1) is 0 Å². The Hall–Kier alpha value is -4.00. The van der Waals surface area contributed by atoms with Crippen molar-refractivity contribution >= 4 is 17.4 Å². The molecule has 7 heteroatoms. The maximum atomic E-state index is 13.0. The molecule has 1 fully saturated rings. The fourth-order valence-electron chi connectivity index (χ4n) is 4.88. The Morgan fingerprint density at radius 3 is 2.61 bits per heavy atom. The summed E-state index contributed by atoms with van der Waals surface area (Å²) < 4.78 is 1.86. The number of rotatable bonds is 4. The number of fused-ring (bicyclic) bond motifs is 3. The Balaban J connectivity index is 1.09. The third-order valence-electron chi connectivity index (χ3n) is 6.66. The van der Waals surface area contributed by atoms with Gasteiger partial charge in [0.05, 0.1) is 0 Å². The second kappa shape index (κ2) is 8.16. The average molecular weight is 437 g/mol. The summed E-state index contributed by atoms with van der Waals surface area (Å²) in [5, 5.41) is 3.16. The summed E-state index contributed by atoms with van der Waals surface area (Å²) in [5.74, 6) is 1.77. The van der Waals surface area contributed by atoms with Gasteiger partial charge >= 0.3 is 0 Å². The molecule has 33 heavy (non-hydrogen) atoms. The molecule has 0 radical (unpaired) electrons. The number of hydrogen-bond acceptors (Lipinski definition) is 5. The third kappa shape index (κ3) is 3.75. The van der Waals surface area contributed by atoms with E-state index in [1.165, 1.54) is 22.3 Å². The molecule has 6 rings (SSSR count). The number of benzene rings is 2. The fourth-order valence-corrected chi connectivity index (χ4v) is 4.88. The van der Waals surface area contributed by atoms with E-state index in [9.17, 15) is 4.79 Å². The van der Waals surface area contributed by atoms with Crippen molar-refractivity contribution < 1.29 is 4.79 Å². The van der Waals surface area contributed by atoms with E-state index in [1.54, 1.807) is 18.9 Å². The van der Waals surface area contributed by atoms with Crippen LogP contribution in [0, 0.1) is 5.92 Å². The van der Waals surface area contributed by atoms with Gasteiger partial charge in [-0.05, 0) is 53.6 Å². The van der Waals surface area contributed by atoms with Crippen LogP contribution in [0.3, 0.4) is 0 Å². The predicted molar refractivity (Wildman–Crippen MR) is 127 cm³/mol. The number of aromatic nitrogens is 4. The number of piperidine rings is 1. The largest absolute Gasteiger partial charge is 0.356 e. The standard InChI is InChI=1S/C26H24N6O/c33-26(30-21-5-6-23-20(14-21)13-19-3-1-2-4-22(19)23)18-7-10-31(11-8-18)24-15-25(29-16-28-24)32-12-9-27-17-32/h1-6,9,12,14-18H,7-8,10-11,13H2,(H,30,33). The molecule has 2 aromatic carbocycles. The molecule has 164 valence electrons. The van der Waals surface area contributed by atoms with Gasteiger partial charge in [0.2, 0.25) is 5.91 Å². The van der Waals surface area contributed by atoms with Gasteiger partial charge in [-0.1, -0.05) is 30.3 Å². The second-order valence-corrected chi connectivity index (χ2v) is 8.66. The molecule has 4 aromatic rings. The van der Waals surface area contributed by atoms with Gasteiger partial charge in [-0.25, -0.2) is 15.0 Å². The minimum Gasteiger partial charge on any atom is -0.356 e. The van der Waals surface area contributed by atoms with Crippen LogP contribution in [0.25, 0.3) is 16.9 Å². The van der Waals surface area contributed by atoms with Crippen LogP contribution in [0.4, 0.5) is 11.5 Å². The number of carbonyl (C=O) groups excluding carboxylic acids is 1. The molecule has 0 atom stereocenters. The molecule has 1 saturated heterocycles.